The van der Waals surface area contributed by atoms with E-state index < -0.39 is 16.9 Å². The maximum Gasteiger partial charge on any atom is 0.270 e. The molecule has 0 aliphatic rings. The average Bonchev–Trinajstić information content (AvgIpc) is 2.76. The summed E-state index contributed by atoms with van der Waals surface area (Å²) in [5.74, 6) is -0.855. The summed E-state index contributed by atoms with van der Waals surface area (Å²) in [7, 11) is 0. The van der Waals surface area contributed by atoms with Gasteiger partial charge in [0.25, 0.3) is 11.6 Å². The summed E-state index contributed by atoms with van der Waals surface area (Å²) in [5, 5.41) is 16.4. The van der Waals surface area contributed by atoms with Crippen molar-refractivity contribution in [3.05, 3.63) is 75.8 Å². The van der Waals surface area contributed by atoms with Gasteiger partial charge in [-0.25, -0.2) is 0 Å². The van der Waals surface area contributed by atoms with Crippen molar-refractivity contribution in [2.75, 3.05) is 19.6 Å². The number of nitro groups is 1. The number of rotatable bonds is 10. The lowest BCUT2D eigenvalue weighted by Crippen LogP contribution is -2.47. The Morgan fingerprint density at radius 1 is 1.07 bits per heavy atom. The van der Waals surface area contributed by atoms with E-state index in [1.165, 1.54) is 24.3 Å². The highest BCUT2D eigenvalue weighted by molar-refractivity contribution is 5.97. The quantitative estimate of drug-likeness (QED) is 0.461. The standard InChI is InChI=1S/C22H28N4O4/c1-4-25(5-2)20(17-10-7-6-8-11-17)15-23-21(27)16(3)24-22(28)18-12-9-13-19(14-18)26(29)30/h6-14,16,20H,4-5,15H2,1-3H3,(H,23,27)(H,24,28). The molecule has 0 radical (unpaired) electrons. The molecule has 0 heterocycles. The van der Waals surface area contributed by atoms with Gasteiger partial charge < -0.3 is 10.6 Å². The van der Waals surface area contributed by atoms with Crippen molar-refractivity contribution < 1.29 is 14.5 Å². The molecule has 2 amide bonds. The molecule has 2 aromatic rings. The average molecular weight is 412 g/mol. The Hall–Kier alpha value is -3.26. The predicted molar refractivity (Wildman–Crippen MR) is 115 cm³/mol. The van der Waals surface area contributed by atoms with E-state index in [4.69, 9.17) is 0 Å². The topological polar surface area (TPSA) is 105 Å². The van der Waals surface area contributed by atoms with Gasteiger partial charge >= 0.3 is 0 Å². The maximum atomic E-state index is 12.6. The monoisotopic (exact) mass is 412 g/mol. The van der Waals surface area contributed by atoms with E-state index in [9.17, 15) is 19.7 Å². The second-order valence-corrected chi connectivity index (χ2v) is 6.90. The first-order valence-corrected chi connectivity index (χ1v) is 9.99. The molecule has 2 unspecified atom stereocenters. The molecule has 0 spiro atoms. The number of benzene rings is 2. The highest BCUT2D eigenvalue weighted by atomic mass is 16.6. The van der Waals surface area contributed by atoms with Crippen molar-refractivity contribution in [3.8, 4) is 0 Å². The second-order valence-electron chi connectivity index (χ2n) is 6.90. The number of likely N-dealkylation sites (N-methyl/N-ethyl adjacent to an activating group) is 1. The molecular formula is C22H28N4O4. The third-order valence-corrected chi connectivity index (χ3v) is 4.97. The van der Waals surface area contributed by atoms with Gasteiger partial charge in [0.15, 0.2) is 0 Å². The van der Waals surface area contributed by atoms with Crippen LogP contribution in [0.25, 0.3) is 0 Å². The van der Waals surface area contributed by atoms with Gasteiger partial charge in [0.2, 0.25) is 5.91 Å². The highest BCUT2D eigenvalue weighted by Crippen LogP contribution is 2.19. The molecular weight excluding hydrogens is 384 g/mol. The molecule has 2 aromatic carbocycles. The maximum absolute atomic E-state index is 12.6. The molecule has 0 aliphatic heterocycles. The normalized spacial score (nSPS) is 12.8. The summed E-state index contributed by atoms with van der Waals surface area (Å²) in [6.07, 6.45) is 0. The zero-order valence-electron chi connectivity index (χ0n) is 17.5. The minimum atomic E-state index is -0.787. The molecule has 30 heavy (non-hydrogen) atoms. The second kappa shape index (κ2) is 11.1. The lowest BCUT2D eigenvalue weighted by molar-refractivity contribution is -0.384. The van der Waals surface area contributed by atoms with Crippen LogP contribution in [-0.4, -0.2) is 47.3 Å². The van der Waals surface area contributed by atoms with Crippen LogP contribution in [0.4, 0.5) is 5.69 Å². The largest absolute Gasteiger partial charge is 0.352 e. The van der Waals surface area contributed by atoms with E-state index in [0.717, 1.165) is 18.7 Å². The lowest BCUT2D eigenvalue weighted by atomic mass is 10.0. The molecule has 0 aromatic heterocycles. The molecule has 0 fully saturated rings. The van der Waals surface area contributed by atoms with E-state index in [1.807, 2.05) is 30.3 Å². The van der Waals surface area contributed by atoms with Crippen molar-refractivity contribution in [2.45, 2.75) is 32.9 Å². The SMILES string of the molecule is CCN(CC)C(CNC(=O)C(C)NC(=O)c1cccc([N+](=O)[O-])c1)c1ccccc1. The molecule has 0 saturated heterocycles. The van der Waals surface area contributed by atoms with Crippen LogP contribution in [0.3, 0.4) is 0 Å². The van der Waals surface area contributed by atoms with Crippen LogP contribution >= 0.6 is 0 Å². The minimum Gasteiger partial charge on any atom is -0.352 e. The first-order valence-electron chi connectivity index (χ1n) is 9.99. The van der Waals surface area contributed by atoms with Gasteiger partial charge in [-0.05, 0) is 31.6 Å². The molecule has 2 atom stereocenters. The fourth-order valence-electron chi connectivity index (χ4n) is 3.25. The number of hydrogen-bond donors (Lipinski definition) is 2. The van der Waals surface area contributed by atoms with Crippen LogP contribution in [-0.2, 0) is 4.79 Å². The van der Waals surface area contributed by atoms with Crippen molar-refractivity contribution in [2.24, 2.45) is 0 Å². The zero-order valence-corrected chi connectivity index (χ0v) is 17.5. The van der Waals surface area contributed by atoms with Crippen LogP contribution in [0, 0.1) is 10.1 Å². The fourth-order valence-corrected chi connectivity index (χ4v) is 3.25. The molecule has 8 heteroatoms. The summed E-state index contributed by atoms with van der Waals surface area (Å²) < 4.78 is 0. The number of carbonyl (C=O) groups excluding carboxylic acids is 2. The van der Waals surface area contributed by atoms with Gasteiger partial charge in [-0.3, -0.25) is 24.6 Å². The fraction of sp³-hybridized carbons (Fsp3) is 0.364. The predicted octanol–water partition coefficient (Wildman–Crippen LogP) is 2.91. The third-order valence-electron chi connectivity index (χ3n) is 4.97. The Kier molecular flexibility index (Phi) is 8.49. The van der Waals surface area contributed by atoms with Crippen molar-refractivity contribution in [1.29, 1.82) is 0 Å². The summed E-state index contributed by atoms with van der Waals surface area (Å²) >= 11 is 0. The number of non-ortho nitro benzene ring substituents is 1. The van der Waals surface area contributed by atoms with Crippen LogP contribution in [0.2, 0.25) is 0 Å². The summed E-state index contributed by atoms with van der Waals surface area (Å²) in [5.41, 5.74) is 1.06. The van der Waals surface area contributed by atoms with Gasteiger partial charge in [0.05, 0.1) is 11.0 Å². The van der Waals surface area contributed by atoms with Gasteiger partial charge in [0.1, 0.15) is 6.04 Å². The summed E-state index contributed by atoms with van der Waals surface area (Å²) in [6, 6.07) is 14.6. The molecule has 0 bridgehead atoms. The van der Waals surface area contributed by atoms with Crippen LogP contribution in [0.5, 0.6) is 0 Å². The van der Waals surface area contributed by atoms with Gasteiger partial charge in [-0.15, -0.1) is 0 Å². The molecule has 2 N–H and O–H groups in total. The molecule has 8 nitrogen and oxygen atoms in total. The number of hydrogen-bond acceptors (Lipinski definition) is 5. The summed E-state index contributed by atoms with van der Waals surface area (Å²) in [4.78, 5) is 37.5. The zero-order chi connectivity index (χ0) is 22.1. The Balaban J connectivity index is 2.00. The minimum absolute atomic E-state index is 0.0184. The Morgan fingerprint density at radius 3 is 2.33 bits per heavy atom. The van der Waals surface area contributed by atoms with E-state index in [0.29, 0.717) is 6.54 Å². The number of nitrogens with zero attached hydrogens (tertiary/aromatic N) is 2. The van der Waals surface area contributed by atoms with Gasteiger partial charge in [-0.1, -0.05) is 50.2 Å². The molecule has 0 saturated carbocycles. The Labute approximate surface area is 176 Å². The Bertz CT molecular complexity index is 868. The van der Waals surface area contributed by atoms with E-state index in [-0.39, 0.29) is 23.2 Å². The Morgan fingerprint density at radius 2 is 1.73 bits per heavy atom. The van der Waals surface area contributed by atoms with E-state index >= 15 is 0 Å². The van der Waals surface area contributed by atoms with Crippen molar-refractivity contribution >= 4 is 17.5 Å². The van der Waals surface area contributed by atoms with Crippen LogP contribution in [0.1, 0.15) is 42.7 Å². The number of carbonyl (C=O) groups is 2. The molecule has 0 aliphatic carbocycles. The van der Waals surface area contributed by atoms with E-state index in [2.05, 4.69) is 29.4 Å². The highest BCUT2D eigenvalue weighted by Gasteiger charge is 2.22. The van der Waals surface area contributed by atoms with Crippen molar-refractivity contribution in [1.82, 2.24) is 15.5 Å². The lowest BCUT2D eigenvalue weighted by Gasteiger charge is -2.30. The van der Waals surface area contributed by atoms with Gasteiger partial charge in [-0.2, -0.15) is 0 Å². The first-order chi connectivity index (χ1) is 14.4. The van der Waals surface area contributed by atoms with Crippen molar-refractivity contribution in [3.63, 3.8) is 0 Å². The number of nitrogens with one attached hydrogen (secondary N) is 2. The first kappa shape index (κ1) is 23.0. The molecule has 2 rings (SSSR count). The number of amides is 2. The third kappa shape index (κ3) is 6.12. The van der Waals surface area contributed by atoms with Crippen LogP contribution < -0.4 is 10.6 Å². The number of nitro benzene ring substituents is 1. The van der Waals surface area contributed by atoms with Gasteiger partial charge in [0, 0.05) is 24.2 Å². The van der Waals surface area contributed by atoms with Crippen LogP contribution in [0.15, 0.2) is 54.6 Å². The smallest absolute Gasteiger partial charge is 0.270 e. The van der Waals surface area contributed by atoms with E-state index in [1.54, 1.807) is 6.92 Å². The summed E-state index contributed by atoms with van der Waals surface area (Å²) in [6.45, 7) is 7.81. The molecule has 160 valence electrons.